The highest BCUT2D eigenvalue weighted by Gasteiger charge is 2.03. The maximum absolute atomic E-state index is 5.74. The van der Waals surface area contributed by atoms with Gasteiger partial charge in [0.1, 0.15) is 18.1 Å². The first-order chi connectivity index (χ1) is 13.8. The van der Waals surface area contributed by atoms with Gasteiger partial charge in [0.25, 0.3) is 0 Å². The number of rotatable bonds is 8. The third-order valence-corrected chi connectivity index (χ3v) is 4.21. The summed E-state index contributed by atoms with van der Waals surface area (Å²) in [6.45, 7) is 4.51. The van der Waals surface area contributed by atoms with Crippen molar-refractivity contribution in [3.63, 3.8) is 0 Å². The van der Waals surface area contributed by atoms with Gasteiger partial charge in [0.15, 0.2) is 5.96 Å². The Labute approximate surface area is 188 Å². The minimum Gasteiger partial charge on any atom is -0.497 e. The van der Waals surface area contributed by atoms with Crippen molar-refractivity contribution in [1.82, 2.24) is 15.6 Å². The molecule has 0 saturated carbocycles. The van der Waals surface area contributed by atoms with Gasteiger partial charge < -0.3 is 20.1 Å². The van der Waals surface area contributed by atoms with Gasteiger partial charge >= 0.3 is 0 Å². The molecule has 3 rings (SSSR count). The lowest BCUT2D eigenvalue weighted by Crippen LogP contribution is -2.39. The smallest absolute Gasteiger partial charge is 0.191 e. The Balaban J connectivity index is 0.00000300. The van der Waals surface area contributed by atoms with Crippen molar-refractivity contribution in [1.29, 1.82) is 0 Å². The van der Waals surface area contributed by atoms with E-state index in [1.54, 1.807) is 7.11 Å². The molecule has 3 aromatic rings. The lowest BCUT2D eigenvalue weighted by molar-refractivity contribution is 0.321. The molecule has 0 saturated heterocycles. The molecule has 0 amide bonds. The van der Waals surface area contributed by atoms with Crippen molar-refractivity contribution in [2.24, 2.45) is 4.99 Å². The summed E-state index contributed by atoms with van der Waals surface area (Å²) < 4.78 is 10.9. The van der Waals surface area contributed by atoms with E-state index in [2.05, 4.69) is 32.7 Å². The van der Waals surface area contributed by atoms with Crippen LogP contribution < -0.4 is 20.1 Å². The fourth-order valence-corrected chi connectivity index (χ4v) is 2.81. The Hall–Kier alpha value is -2.55. The van der Waals surface area contributed by atoms with Crippen LogP contribution in [0.2, 0.25) is 0 Å². The van der Waals surface area contributed by atoms with Crippen LogP contribution in [-0.4, -0.2) is 37.7 Å². The largest absolute Gasteiger partial charge is 0.497 e. The summed E-state index contributed by atoms with van der Waals surface area (Å²) in [6.07, 6.45) is 1.83. The molecule has 0 fully saturated rings. The number of hydrogen-bond donors (Lipinski definition) is 2. The Kier molecular flexibility index (Phi) is 9.49. The van der Waals surface area contributed by atoms with Crippen molar-refractivity contribution in [2.75, 3.05) is 26.8 Å². The molecule has 0 spiro atoms. The standard InChI is InChI=1S/C22H26N4O2.HI/c1-3-23-22(25-14-15-28-19-10-8-18(27-2)9-11-19)26-16-21-20-7-5-4-6-17(20)12-13-24-21;/h4-13H,3,14-16H2,1-2H3,(H2,23,25,26);1H. The number of hydrogen-bond acceptors (Lipinski definition) is 4. The van der Waals surface area contributed by atoms with Crippen molar-refractivity contribution in [3.8, 4) is 11.5 Å². The molecule has 0 unspecified atom stereocenters. The van der Waals surface area contributed by atoms with Gasteiger partial charge in [0.2, 0.25) is 0 Å². The zero-order valence-corrected chi connectivity index (χ0v) is 19.1. The average molecular weight is 506 g/mol. The van der Waals surface area contributed by atoms with Crippen LogP contribution in [0.4, 0.5) is 0 Å². The fraction of sp³-hybridized carbons (Fsp3) is 0.273. The first-order valence-electron chi connectivity index (χ1n) is 9.42. The molecule has 0 radical (unpaired) electrons. The zero-order valence-electron chi connectivity index (χ0n) is 16.7. The number of halogens is 1. The summed E-state index contributed by atoms with van der Waals surface area (Å²) in [5.41, 5.74) is 0.963. The van der Waals surface area contributed by atoms with Gasteiger partial charge in [0, 0.05) is 18.1 Å². The van der Waals surface area contributed by atoms with Gasteiger partial charge in [0.05, 0.1) is 25.9 Å². The van der Waals surface area contributed by atoms with E-state index in [0.29, 0.717) is 19.7 Å². The predicted molar refractivity (Wildman–Crippen MR) is 128 cm³/mol. The highest BCUT2D eigenvalue weighted by atomic mass is 127. The van der Waals surface area contributed by atoms with Crippen molar-refractivity contribution in [3.05, 3.63) is 66.5 Å². The SMILES string of the molecule is CCNC(=NCc1nccc2ccccc12)NCCOc1ccc(OC)cc1.I. The van der Waals surface area contributed by atoms with Crippen LogP contribution in [0, 0.1) is 0 Å². The molecule has 154 valence electrons. The number of guanidine groups is 1. The van der Waals surface area contributed by atoms with Crippen molar-refractivity contribution >= 4 is 40.7 Å². The second-order valence-electron chi connectivity index (χ2n) is 6.12. The Morgan fingerprint density at radius 3 is 2.52 bits per heavy atom. The Morgan fingerprint density at radius 2 is 1.76 bits per heavy atom. The quantitative estimate of drug-likeness (QED) is 0.209. The topological polar surface area (TPSA) is 67.8 Å². The maximum Gasteiger partial charge on any atom is 0.191 e. The fourth-order valence-electron chi connectivity index (χ4n) is 2.81. The molecule has 7 heteroatoms. The van der Waals surface area contributed by atoms with Gasteiger partial charge in [-0.2, -0.15) is 0 Å². The van der Waals surface area contributed by atoms with Crippen LogP contribution in [0.15, 0.2) is 65.8 Å². The summed E-state index contributed by atoms with van der Waals surface area (Å²) in [7, 11) is 1.65. The summed E-state index contributed by atoms with van der Waals surface area (Å²) in [4.78, 5) is 9.15. The molecule has 1 heterocycles. The number of aromatic nitrogens is 1. The number of pyridine rings is 1. The Morgan fingerprint density at radius 1 is 1.00 bits per heavy atom. The van der Waals surface area contributed by atoms with Crippen LogP contribution >= 0.6 is 24.0 Å². The molecule has 29 heavy (non-hydrogen) atoms. The molecule has 0 aliphatic heterocycles. The van der Waals surface area contributed by atoms with Gasteiger partial charge in [-0.3, -0.25) is 4.98 Å². The third-order valence-electron chi connectivity index (χ3n) is 4.21. The van der Waals surface area contributed by atoms with E-state index in [-0.39, 0.29) is 24.0 Å². The molecule has 6 nitrogen and oxygen atoms in total. The van der Waals surface area contributed by atoms with E-state index in [9.17, 15) is 0 Å². The highest BCUT2D eigenvalue weighted by molar-refractivity contribution is 14.0. The first kappa shape index (κ1) is 22.7. The average Bonchev–Trinajstić information content (AvgIpc) is 2.75. The number of nitrogens with one attached hydrogen (secondary N) is 2. The maximum atomic E-state index is 5.74. The molecule has 0 bridgehead atoms. The Bertz CT molecular complexity index is 911. The molecular formula is C22H27IN4O2. The van der Waals surface area contributed by atoms with Crippen molar-refractivity contribution in [2.45, 2.75) is 13.5 Å². The highest BCUT2D eigenvalue weighted by Crippen LogP contribution is 2.17. The number of ether oxygens (including phenoxy) is 2. The van der Waals surface area contributed by atoms with Gasteiger partial charge in [-0.05, 0) is 42.6 Å². The predicted octanol–water partition coefficient (Wildman–Crippen LogP) is 4.00. The third kappa shape index (κ3) is 6.77. The lowest BCUT2D eigenvalue weighted by atomic mass is 10.1. The normalized spacial score (nSPS) is 10.9. The molecule has 1 aromatic heterocycles. The summed E-state index contributed by atoms with van der Waals surface area (Å²) >= 11 is 0. The van der Waals surface area contributed by atoms with Gasteiger partial charge in [-0.15, -0.1) is 24.0 Å². The number of fused-ring (bicyclic) bond motifs is 1. The minimum absolute atomic E-state index is 0. The van der Waals surface area contributed by atoms with E-state index in [0.717, 1.165) is 35.1 Å². The number of nitrogens with zero attached hydrogens (tertiary/aromatic N) is 2. The summed E-state index contributed by atoms with van der Waals surface area (Å²) in [6, 6.07) is 17.8. The molecule has 2 N–H and O–H groups in total. The first-order valence-corrected chi connectivity index (χ1v) is 9.42. The van der Waals surface area contributed by atoms with Crippen LogP contribution in [0.1, 0.15) is 12.6 Å². The molecule has 0 atom stereocenters. The van der Waals surface area contributed by atoms with Crippen LogP contribution in [0.3, 0.4) is 0 Å². The van der Waals surface area contributed by atoms with Crippen LogP contribution in [0.5, 0.6) is 11.5 Å². The van der Waals surface area contributed by atoms with Crippen LogP contribution in [0.25, 0.3) is 10.8 Å². The summed E-state index contributed by atoms with van der Waals surface area (Å²) in [5, 5.41) is 8.85. The molecular weight excluding hydrogens is 479 g/mol. The number of aliphatic imine (C=N–C) groups is 1. The number of benzene rings is 2. The van der Waals surface area contributed by atoms with Crippen LogP contribution in [-0.2, 0) is 6.54 Å². The van der Waals surface area contributed by atoms with Crippen molar-refractivity contribution < 1.29 is 9.47 Å². The van der Waals surface area contributed by atoms with E-state index in [4.69, 9.17) is 9.47 Å². The molecule has 2 aromatic carbocycles. The monoisotopic (exact) mass is 506 g/mol. The van der Waals surface area contributed by atoms with E-state index < -0.39 is 0 Å². The second kappa shape index (κ2) is 12.1. The molecule has 0 aliphatic rings. The zero-order chi connectivity index (χ0) is 19.6. The van der Waals surface area contributed by atoms with E-state index >= 15 is 0 Å². The number of methoxy groups -OCH3 is 1. The van der Waals surface area contributed by atoms with Gasteiger partial charge in [-0.1, -0.05) is 24.3 Å². The summed E-state index contributed by atoms with van der Waals surface area (Å²) in [5.74, 6) is 2.37. The van der Waals surface area contributed by atoms with E-state index in [1.165, 1.54) is 5.39 Å². The van der Waals surface area contributed by atoms with Gasteiger partial charge in [-0.25, -0.2) is 4.99 Å². The minimum atomic E-state index is 0. The van der Waals surface area contributed by atoms with E-state index in [1.807, 2.05) is 55.6 Å². The second-order valence-corrected chi connectivity index (χ2v) is 6.12. The molecule has 0 aliphatic carbocycles. The lowest BCUT2D eigenvalue weighted by Gasteiger charge is -2.12.